The summed E-state index contributed by atoms with van der Waals surface area (Å²) in [4.78, 5) is 14.5. The van der Waals surface area contributed by atoms with E-state index in [1.807, 2.05) is 41.3 Å². The van der Waals surface area contributed by atoms with Gasteiger partial charge in [-0.2, -0.15) is 0 Å². The fourth-order valence-electron chi connectivity index (χ4n) is 3.39. The fourth-order valence-corrected chi connectivity index (χ4v) is 3.39. The molecule has 0 spiro atoms. The molecule has 1 saturated heterocycles. The van der Waals surface area contributed by atoms with Crippen molar-refractivity contribution < 1.29 is 9.90 Å². The van der Waals surface area contributed by atoms with Gasteiger partial charge in [-0.3, -0.25) is 0 Å². The van der Waals surface area contributed by atoms with Crippen molar-refractivity contribution in [3.05, 3.63) is 65.7 Å². The molecule has 2 atom stereocenters. The average molecular weight is 338 g/mol. The minimum atomic E-state index is -0.374. The Morgan fingerprint density at radius 3 is 2.68 bits per heavy atom. The number of piperidine rings is 1. The van der Waals surface area contributed by atoms with E-state index >= 15 is 0 Å². The summed E-state index contributed by atoms with van der Waals surface area (Å²) in [7, 11) is 0. The van der Waals surface area contributed by atoms with E-state index in [-0.39, 0.29) is 18.1 Å². The summed E-state index contributed by atoms with van der Waals surface area (Å²) >= 11 is 0. The fraction of sp³-hybridized carbons (Fsp3) is 0.381. The second kappa shape index (κ2) is 8.17. The molecule has 0 bridgehead atoms. The van der Waals surface area contributed by atoms with Gasteiger partial charge in [-0.15, -0.1) is 0 Å². The molecule has 2 amide bonds. The Labute approximate surface area is 149 Å². The standard InChI is InChI=1S/C21H26N2O2/c1-16(24)19-11-7-13-23(15-19)21(25)22-20-12-6-5-10-18(20)14-17-8-3-2-4-9-17/h2-6,8-10,12,16,19,24H,7,11,13-15H2,1H3,(H,22,25). The van der Waals surface area contributed by atoms with Gasteiger partial charge >= 0.3 is 6.03 Å². The number of likely N-dealkylation sites (tertiary alicyclic amines) is 1. The second-order valence-electron chi connectivity index (χ2n) is 6.84. The van der Waals surface area contributed by atoms with Crippen LogP contribution >= 0.6 is 0 Å². The smallest absolute Gasteiger partial charge is 0.321 e. The summed E-state index contributed by atoms with van der Waals surface area (Å²) in [5.74, 6) is 0.166. The number of hydrogen-bond acceptors (Lipinski definition) is 2. The third-order valence-electron chi connectivity index (χ3n) is 4.92. The topological polar surface area (TPSA) is 52.6 Å². The van der Waals surface area contributed by atoms with Crippen molar-refractivity contribution in [1.29, 1.82) is 0 Å². The highest BCUT2D eigenvalue weighted by atomic mass is 16.3. The predicted octanol–water partition coefficient (Wildman–Crippen LogP) is 3.90. The van der Waals surface area contributed by atoms with E-state index in [2.05, 4.69) is 23.5 Å². The van der Waals surface area contributed by atoms with Crippen LogP contribution in [-0.4, -0.2) is 35.2 Å². The van der Waals surface area contributed by atoms with E-state index in [0.29, 0.717) is 6.54 Å². The lowest BCUT2D eigenvalue weighted by Crippen LogP contribution is -2.44. The molecule has 1 fully saturated rings. The van der Waals surface area contributed by atoms with Crippen LogP contribution in [0.25, 0.3) is 0 Å². The number of urea groups is 1. The molecule has 132 valence electrons. The Morgan fingerprint density at radius 2 is 1.92 bits per heavy atom. The third-order valence-corrected chi connectivity index (χ3v) is 4.92. The van der Waals surface area contributed by atoms with Gasteiger partial charge in [0, 0.05) is 24.7 Å². The zero-order chi connectivity index (χ0) is 17.6. The van der Waals surface area contributed by atoms with Crippen LogP contribution in [0.2, 0.25) is 0 Å². The number of rotatable bonds is 4. The molecule has 1 aliphatic rings. The van der Waals surface area contributed by atoms with E-state index in [4.69, 9.17) is 0 Å². The minimum absolute atomic E-state index is 0.0779. The maximum absolute atomic E-state index is 12.7. The first-order valence-electron chi connectivity index (χ1n) is 8.99. The van der Waals surface area contributed by atoms with Crippen molar-refractivity contribution in [3.63, 3.8) is 0 Å². The largest absolute Gasteiger partial charge is 0.393 e. The Hall–Kier alpha value is -2.33. The van der Waals surface area contributed by atoms with E-state index in [1.54, 1.807) is 6.92 Å². The molecule has 4 heteroatoms. The van der Waals surface area contributed by atoms with Gasteiger partial charge in [0.1, 0.15) is 0 Å². The molecule has 0 aromatic heterocycles. The zero-order valence-electron chi connectivity index (χ0n) is 14.7. The maximum Gasteiger partial charge on any atom is 0.321 e. The Bertz CT molecular complexity index is 700. The van der Waals surface area contributed by atoms with Gasteiger partial charge in [0.25, 0.3) is 0 Å². The van der Waals surface area contributed by atoms with Crippen molar-refractivity contribution in [3.8, 4) is 0 Å². The van der Waals surface area contributed by atoms with Gasteiger partial charge in [-0.1, -0.05) is 48.5 Å². The van der Waals surface area contributed by atoms with Gasteiger partial charge in [0.15, 0.2) is 0 Å². The van der Waals surface area contributed by atoms with Crippen molar-refractivity contribution in [2.24, 2.45) is 5.92 Å². The number of anilines is 1. The SMILES string of the molecule is CC(O)C1CCCN(C(=O)Nc2ccccc2Cc2ccccc2)C1. The molecule has 1 aliphatic heterocycles. The zero-order valence-corrected chi connectivity index (χ0v) is 14.7. The maximum atomic E-state index is 12.7. The van der Waals surface area contributed by atoms with Crippen molar-refractivity contribution in [2.45, 2.75) is 32.3 Å². The summed E-state index contributed by atoms with van der Waals surface area (Å²) in [6.45, 7) is 3.17. The molecule has 2 unspecified atom stereocenters. The summed E-state index contributed by atoms with van der Waals surface area (Å²) < 4.78 is 0. The number of hydrogen-bond donors (Lipinski definition) is 2. The molecule has 0 aliphatic carbocycles. The summed E-state index contributed by atoms with van der Waals surface area (Å²) in [5, 5.41) is 12.9. The molecule has 2 aromatic rings. The lowest BCUT2D eigenvalue weighted by atomic mass is 9.94. The lowest BCUT2D eigenvalue weighted by Gasteiger charge is -2.34. The molecule has 1 heterocycles. The van der Waals surface area contributed by atoms with Gasteiger partial charge in [0.05, 0.1) is 6.10 Å². The van der Waals surface area contributed by atoms with Crippen LogP contribution < -0.4 is 5.32 Å². The molecule has 3 rings (SSSR count). The number of amides is 2. The van der Waals surface area contributed by atoms with Crippen LogP contribution in [0.4, 0.5) is 10.5 Å². The number of para-hydroxylation sites is 1. The number of aliphatic hydroxyl groups is 1. The predicted molar refractivity (Wildman–Crippen MR) is 101 cm³/mol. The summed E-state index contributed by atoms with van der Waals surface area (Å²) in [6, 6.07) is 18.1. The third kappa shape index (κ3) is 4.60. The number of carbonyl (C=O) groups is 1. The summed E-state index contributed by atoms with van der Waals surface area (Å²) in [5.41, 5.74) is 3.18. The van der Waals surface area contributed by atoms with Gasteiger partial charge in [-0.25, -0.2) is 4.79 Å². The normalized spacial score (nSPS) is 18.6. The number of carbonyl (C=O) groups excluding carboxylic acids is 1. The monoisotopic (exact) mass is 338 g/mol. The first kappa shape index (κ1) is 17.5. The number of benzene rings is 2. The second-order valence-corrected chi connectivity index (χ2v) is 6.84. The van der Waals surface area contributed by atoms with Crippen molar-refractivity contribution in [2.75, 3.05) is 18.4 Å². The van der Waals surface area contributed by atoms with Crippen LogP contribution in [0.1, 0.15) is 30.9 Å². The first-order chi connectivity index (χ1) is 12.1. The van der Waals surface area contributed by atoms with Crippen LogP contribution in [0.5, 0.6) is 0 Å². The average Bonchev–Trinajstić information content (AvgIpc) is 2.64. The van der Waals surface area contributed by atoms with Crippen LogP contribution in [0.3, 0.4) is 0 Å². The molecule has 2 N–H and O–H groups in total. The van der Waals surface area contributed by atoms with Crippen LogP contribution in [-0.2, 0) is 6.42 Å². The Balaban J connectivity index is 1.69. The molecule has 2 aromatic carbocycles. The summed E-state index contributed by atoms with van der Waals surface area (Å²) in [6.07, 6.45) is 2.33. The van der Waals surface area contributed by atoms with Gasteiger partial charge in [0.2, 0.25) is 0 Å². The number of aliphatic hydroxyl groups excluding tert-OH is 1. The molecule has 0 radical (unpaired) electrons. The highest BCUT2D eigenvalue weighted by Crippen LogP contribution is 2.23. The van der Waals surface area contributed by atoms with Crippen molar-refractivity contribution >= 4 is 11.7 Å². The highest BCUT2D eigenvalue weighted by Gasteiger charge is 2.26. The first-order valence-corrected chi connectivity index (χ1v) is 8.99. The molecule has 0 saturated carbocycles. The Morgan fingerprint density at radius 1 is 1.20 bits per heavy atom. The van der Waals surface area contributed by atoms with Gasteiger partial charge in [-0.05, 0) is 43.4 Å². The molecular weight excluding hydrogens is 312 g/mol. The van der Waals surface area contributed by atoms with Crippen LogP contribution in [0, 0.1) is 5.92 Å². The highest BCUT2D eigenvalue weighted by molar-refractivity contribution is 5.90. The van der Waals surface area contributed by atoms with Crippen molar-refractivity contribution in [1.82, 2.24) is 4.90 Å². The van der Waals surface area contributed by atoms with E-state index in [1.165, 1.54) is 5.56 Å². The quantitative estimate of drug-likeness (QED) is 0.888. The molecule has 25 heavy (non-hydrogen) atoms. The number of nitrogens with one attached hydrogen (secondary N) is 1. The molecular formula is C21H26N2O2. The van der Waals surface area contributed by atoms with Crippen LogP contribution in [0.15, 0.2) is 54.6 Å². The Kier molecular flexibility index (Phi) is 5.71. The number of nitrogens with zero attached hydrogens (tertiary/aromatic N) is 1. The van der Waals surface area contributed by atoms with E-state index in [9.17, 15) is 9.90 Å². The lowest BCUT2D eigenvalue weighted by molar-refractivity contribution is 0.0766. The minimum Gasteiger partial charge on any atom is -0.393 e. The van der Waals surface area contributed by atoms with E-state index < -0.39 is 0 Å². The molecule has 4 nitrogen and oxygen atoms in total. The van der Waals surface area contributed by atoms with Gasteiger partial charge < -0.3 is 15.3 Å². The van der Waals surface area contributed by atoms with E-state index in [0.717, 1.165) is 37.1 Å².